The number of carbonyl (C=O) groups is 1. The van der Waals surface area contributed by atoms with E-state index in [1.54, 1.807) is 0 Å². The predicted octanol–water partition coefficient (Wildman–Crippen LogP) is -0.429. The predicted molar refractivity (Wildman–Crippen MR) is 49.2 cm³/mol. The average Bonchev–Trinajstić information content (AvgIpc) is 2.23. The van der Waals surface area contributed by atoms with Gasteiger partial charge in [0.2, 0.25) is 0 Å². The lowest BCUT2D eigenvalue weighted by Gasteiger charge is -2.36. The molecule has 0 aromatic heterocycles. The number of hydrogen-bond donors (Lipinski definition) is 0. The molecule has 0 spiro atoms. The second kappa shape index (κ2) is 3.99. The zero-order chi connectivity index (χ0) is 11.0. The Hall–Kier alpha value is -0.410. The molecule has 1 aliphatic carbocycles. The van der Waals surface area contributed by atoms with E-state index in [0.717, 1.165) is 0 Å². The van der Waals surface area contributed by atoms with E-state index in [-0.39, 0.29) is 17.6 Å². The number of rotatable bonds is 2. The van der Waals surface area contributed by atoms with E-state index in [4.69, 9.17) is 0 Å². The first kappa shape index (κ1) is 11.7. The Morgan fingerprint density at radius 3 is 1.79 bits per heavy atom. The fraction of sp³-hybridized carbons (Fsp3) is 0.909. The quantitative estimate of drug-likeness (QED) is 0.605. The molecule has 0 aliphatic heterocycles. The molecule has 3 heteroatoms. The summed E-state index contributed by atoms with van der Waals surface area (Å²) in [6.07, 6.45) is -2.28. The van der Waals surface area contributed by atoms with E-state index in [1.165, 1.54) is 0 Å². The zero-order valence-electron chi connectivity index (χ0n) is 9.19. The van der Waals surface area contributed by atoms with E-state index >= 15 is 0 Å². The van der Waals surface area contributed by atoms with Crippen LogP contribution in [0.15, 0.2) is 0 Å². The maximum atomic E-state index is 11.9. The summed E-state index contributed by atoms with van der Waals surface area (Å²) in [5, 5.41) is 23.5. The molecule has 1 fully saturated rings. The Balaban J connectivity index is 2.91. The van der Waals surface area contributed by atoms with Crippen LogP contribution in [0.25, 0.3) is 0 Å². The Bertz CT molecular complexity index is 223. The summed E-state index contributed by atoms with van der Waals surface area (Å²) in [6.45, 7) is 7.36. The summed E-state index contributed by atoms with van der Waals surface area (Å²) in [7, 11) is 0. The molecule has 14 heavy (non-hydrogen) atoms. The zero-order valence-corrected chi connectivity index (χ0v) is 9.19. The minimum atomic E-state index is -1.29. The molecule has 1 saturated carbocycles. The van der Waals surface area contributed by atoms with Crippen LogP contribution in [0.3, 0.4) is 0 Å². The third-order valence-electron chi connectivity index (χ3n) is 3.18. The third kappa shape index (κ3) is 1.71. The monoisotopic (exact) mass is 198 g/mol. The largest absolute Gasteiger partial charge is 0.851 e. The molecule has 0 aromatic carbocycles. The number of carbonyl (C=O) groups excluding carboxylic acids is 1. The Morgan fingerprint density at radius 2 is 1.57 bits per heavy atom. The fourth-order valence-corrected chi connectivity index (χ4v) is 2.39. The topological polar surface area (TPSA) is 63.2 Å². The minimum Gasteiger partial charge on any atom is -0.851 e. The van der Waals surface area contributed by atoms with Gasteiger partial charge in [-0.3, -0.25) is 0 Å². The van der Waals surface area contributed by atoms with Crippen molar-refractivity contribution < 1.29 is 15.0 Å². The van der Waals surface area contributed by atoms with Crippen molar-refractivity contribution in [1.29, 1.82) is 0 Å². The van der Waals surface area contributed by atoms with E-state index in [2.05, 4.69) is 0 Å². The van der Waals surface area contributed by atoms with Crippen LogP contribution in [0.2, 0.25) is 0 Å². The van der Waals surface area contributed by atoms with Crippen LogP contribution in [-0.4, -0.2) is 18.0 Å². The van der Waals surface area contributed by atoms with Gasteiger partial charge in [-0.05, 0) is 11.8 Å². The van der Waals surface area contributed by atoms with Crippen molar-refractivity contribution in [3.05, 3.63) is 0 Å². The molecule has 4 unspecified atom stereocenters. The van der Waals surface area contributed by atoms with Crippen molar-refractivity contribution >= 4 is 5.78 Å². The van der Waals surface area contributed by atoms with E-state index in [1.807, 2.05) is 27.7 Å². The SMILES string of the molecule is CC(C)C1C(=O)C([O-])C(C(C)C)C1[O-]. The Kier molecular flexibility index (Phi) is 3.32. The van der Waals surface area contributed by atoms with Crippen LogP contribution < -0.4 is 10.2 Å². The highest BCUT2D eigenvalue weighted by atomic mass is 16.3. The van der Waals surface area contributed by atoms with Gasteiger partial charge in [-0.15, -0.1) is 6.10 Å². The standard InChI is InChI=1S/C11H18O3/c1-5(2)7-9(12)8(6(3)4)11(14)10(7)13/h5-10H,1-4H3/q-2. The van der Waals surface area contributed by atoms with Gasteiger partial charge in [0, 0.05) is 5.92 Å². The first-order valence-electron chi connectivity index (χ1n) is 5.23. The van der Waals surface area contributed by atoms with E-state index < -0.39 is 24.0 Å². The number of Topliss-reactive ketones (excluding diaryl/α,β-unsaturated/α-hetero) is 1. The highest BCUT2D eigenvalue weighted by Crippen LogP contribution is 2.34. The van der Waals surface area contributed by atoms with Crippen molar-refractivity contribution in [2.45, 2.75) is 39.9 Å². The molecule has 0 N–H and O–H groups in total. The number of hydrogen-bond acceptors (Lipinski definition) is 3. The third-order valence-corrected chi connectivity index (χ3v) is 3.18. The molecule has 1 rings (SSSR count). The van der Waals surface area contributed by atoms with Crippen LogP contribution >= 0.6 is 0 Å². The Labute approximate surface area is 85.1 Å². The van der Waals surface area contributed by atoms with Crippen LogP contribution in [-0.2, 0) is 4.79 Å². The maximum Gasteiger partial charge on any atom is 0.122 e. The fourth-order valence-electron chi connectivity index (χ4n) is 2.39. The molecule has 0 aromatic rings. The van der Waals surface area contributed by atoms with Crippen molar-refractivity contribution in [3.8, 4) is 0 Å². The van der Waals surface area contributed by atoms with Crippen molar-refractivity contribution in [3.63, 3.8) is 0 Å². The van der Waals surface area contributed by atoms with Gasteiger partial charge in [0.05, 0.1) is 0 Å². The van der Waals surface area contributed by atoms with Crippen LogP contribution in [0.4, 0.5) is 0 Å². The second-order valence-electron chi connectivity index (χ2n) is 4.88. The minimum absolute atomic E-state index is 0.00713. The van der Waals surface area contributed by atoms with E-state index in [9.17, 15) is 15.0 Å². The molecule has 1 aliphatic rings. The van der Waals surface area contributed by atoms with Crippen LogP contribution in [0.1, 0.15) is 27.7 Å². The van der Waals surface area contributed by atoms with Crippen molar-refractivity contribution in [2.75, 3.05) is 0 Å². The molecular weight excluding hydrogens is 180 g/mol. The molecule has 0 amide bonds. The normalized spacial score (nSPS) is 38.7. The highest BCUT2D eigenvalue weighted by Gasteiger charge is 2.40. The lowest BCUT2D eigenvalue weighted by atomic mass is 9.86. The molecule has 3 nitrogen and oxygen atoms in total. The molecule has 4 atom stereocenters. The van der Waals surface area contributed by atoms with Gasteiger partial charge in [-0.1, -0.05) is 39.7 Å². The molecule has 0 bridgehead atoms. The van der Waals surface area contributed by atoms with Gasteiger partial charge in [0.1, 0.15) is 5.78 Å². The summed E-state index contributed by atoms with van der Waals surface area (Å²) in [6, 6.07) is 0. The smallest absolute Gasteiger partial charge is 0.122 e. The summed E-state index contributed by atoms with van der Waals surface area (Å²) in [4.78, 5) is 11.6. The van der Waals surface area contributed by atoms with Gasteiger partial charge in [-0.25, -0.2) is 0 Å². The molecule has 0 saturated heterocycles. The summed E-state index contributed by atoms with van der Waals surface area (Å²) in [5.74, 6) is -1.45. The first-order valence-corrected chi connectivity index (χ1v) is 5.23. The maximum absolute atomic E-state index is 11.9. The van der Waals surface area contributed by atoms with Gasteiger partial charge < -0.3 is 15.0 Å². The molecule has 82 valence electrons. The van der Waals surface area contributed by atoms with Gasteiger partial charge >= 0.3 is 0 Å². The summed E-state index contributed by atoms with van der Waals surface area (Å²) >= 11 is 0. The molecular formula is C11H18O3-2. The van der Waals surface area contributed by atoms with Gasteiger partial charge in [-0.2, -0.15) is 0 Å². The highest BCUT2D eigenvalue weighted by molar-refractivity contribution is 5.88. The van der Waals surface area contributed by atoms with Crippen LogP contribution in [0, 0.1) is 23.7 Å². The summed E-state index contributed by atoms with van der Waals surface area (Å²) in [5.41, 5.74) is 0. The first-order chi connectivity index (χ1) is 6.37. The molecule has 0 radical (unpaired) electrons. The van der Waals surface area contributed by atoms with Crippen LogP contribution in [0.5, 0.6) is 0 Å². The van der Waals surface area contributed by atoms with Gasteiger partial charge in [0.25, 0.3) is 0 Å². The lowest BCUT2D eigenvalue weighted by molar-refractivity contribution is -0.470. The summed E-state index contributed by atoms with van der Waals surface area (Å²) < 4.78 is 0. The molecule has 0 heterocycles. The van der Waals surface area contributed by atoms with Crippen molar-refractivity contribution in [1.82, 2.24) is 0 Å². The lowest BCUT2D eigenvalue weighted by Crippen LogP contribution is -2.44. The average molecular weight is 198 g/mol. The second-order valence-corrected chi connectivity index (χ2v) is 4.88. The Morgan fingerprint density at radius 1 is 1.07 bits per heavy atom. The van der Waals surface area contributed by atoms with Gasteiger partial charge in [0.15, 0.2) is 0 Å². The van der Waals surface area contributed by atoms with E-state index in [0.29, 0.717) is 0 Å². The van der Waals surface area contributed by atoms with Crippen molar-refractivity contribution in [2.24, 2.45) is 23.7 Å². The number of ketones is 1.